The molecule has 0 amide bonds. The summed E-state index contributed by atoms with van der Waals surface area (Å²) in [5, 5.41) is 0. The van der Waals surface area contributed by atoms with Crippen molar-refractivity contribution in [2.45, 2.75) is 479 Å². The summed E-state index contributed by atoms with van der Waals surface area (Å²) in [6.45, 7) is 23.3. The Hall–Kier alpha value is -1.18. The molecule has 2 heterocycles. The van der Waals surface area contributed by atoms with E-state index in [0.717, 1.165) is 51.4 Å². The molecule has 2 aliphatic heterocycles. The Morgan fingerprint density at radius 3 is 0.602 bits per heavy atom. The van der Waals surface area contributed by atoms with Crippen LogP contribution in [0.1, 0.15) is 454 Å². The number of esters is 2. The number of ether oxygens (including phenoxy) is 5. The van der Waals surface area contributed by atoms with E-state index >= 15 is 0 Å². The van der Waals surface area contributed by atoms with E-state index in [9.17, 15) is 9.59 Å². The normalized spacial score (nSPS) is 21.8. The molecule has 0 N–H and O–H groups in total. The Bertz CT molecular complexity index is 1420. The van der Waals surface area contributed by atoms with E-state index in [2.05, 4.69) is 69.2 Å². The highest BCUT2D eigenvalue weighted by Crippen LogP contribution is 2.41. The van der Waals surface area contributed by atoms with Gasteiger partial charge in [-0.3, -0.25) is 9.59 Å². The van der Waals surface area contributed by atoms with Crippen LogP contribution in [0.5, 0.6) is 0 Å². The number of hydrogen-bond acceptors (Lipinski definition) is 7. The molecule has 552 valence electrons. The van der Waals surface area contributed by atoms with Gasteiger partial charge in [-0.1, -0.05) is 429 Å². The smallest absolute Gasteiger partial charge is 0.309 e. The fourth-order valence-corrected chi connectivity index (χ4v) is 15.5. The first-order valence-corrected chi connectivity index (χ1v) is 42.8. The number of hydrogen-bond donors (Lipinski definition) is 0. The van der Waals surface area contributed by atoms with Gasteiger partial charge in [-0.05, 0) is 49.4 Å². The van der Waals surface area contributed by atoms with Gasteiger partial charge in [0.05, 0.1) is 24.0 Å². The molecule has 2 fully saturated rings. The van der Waals surface area contributed by atoms with Crippen LogP contribution in [0, 0.1) is 47.3 Å². The van der Waals surface area contributed by atoms with Gasteiger partial charge in [-0.15, -0.1) is 0 Å². The lowest BCUT2D eigenvalue weighted by molar-refractivity contribution is -0.344. The molecule has 4 unspecified atom stereocenters. The molecule has 0 aromatic rings. The van der Waals surface area contributed by atoms with Crippen LogP contribution in [0.15, 0.2) is 0 Å². The zero-order valence-corrected chi connectivity index (χ0v) is 64.6. The van der Waals surface area contributed by atoms with Crippen LogP contribution in [0.2, 0.25) is 0 Å². The summed E-state index contributed by atoms with van der Waals surface area (Å²) in [7, 11) is 0. The predicted molar refractivity (Wildman–Crippen MR) is 402 cm³/mol. The Morgan fingerprint density at radius 1 is 0.247 bits per heavy atom. The second-order valence-electron chi connectivity index (χ2n) is 31.6. The van der Waals surface area contributed by atoms with Crippen molar-refractivity contribution < 1.29 is 33.3 Å². The van der Waals surface area contributed by atoms with E-state index in [0.29, 0.717) is 11.8 Å². The fraction of sp³-hybridized carbons (Fsp3) is 0.977. The summed E-state index contributed by atoms with van der Waals surface area (Å²) in [4.78, 5) is 28.4. The minimum Gasteiger partial charge on any atom is -0.463 e. The zero-order chi connectivity index (χ0) is 67.5. The van der Waals surface area contributed by atoms with Crippen molar-refractivity contribution in [1.82, 2.24) is 0 Å². The van der Waals surface area contributed by atoms with E-state index in [1.54, 1.807) is 0 Å². The summed E-state index contributed by atoms with van der Waals surface area (Å²) in [5.41, 5.74) is 0. The molecule has 0 aliphatic carbocycles. The van der Waals surface area contributed by atoms with Crippen molar-refractivity contribution in [2.24, 2.45) is 47.3 Å². The minimum atomic E-state index is -0.488. The third kappa shape index (κ3) is 46.0. The maximum Gasteiger partial charge on any atom is 0.309 e. The molecule has 2 saturated heterocycles. The van der Waals surface area contributed by atoms with Crippen LogP contribution < -0.4 is 0 Å². The first-order chi connectivity index (χ1) is 45.5. The highest BCUT2D eigenvalue weighted by molar-refractivity contribution is 5.72. The zero-order valence-electron chi connectivity index (χ0n) is 64.6. The van der Waals surface area contributed by atoms with Crippen LogP contribution in [-0.2, 0) is 33.3 Å². The van der Waals surface area contributed by atoms with Gasteiger partial charge in [0.2, 0.25) is 0 Å². The van der Waals surface area contributed by atoms with Crippen molar-refractivity contribution in [3.8, 4) is 0 Å². The minimum absolute atomic E-state index is 0.0233. The molecule has 10 atom stereocenters. The highest BCUT2D eigenvalue weighted by Gasteiger charge is 2.46. The number of unbranched alkanes of at least 4 members (excludes halogenated alkanes) is 52. The Kier molecular flexibility index (Phi) is 59.6. The third-order valence-corrected chi connectivity index (χ3v) is 23.3. The number of rotatable bonds is 68. The molecular weight excluding hydrogens is 1140 g/mol. The fourth-order valence-electron chi connectivity index (χ4n) is 15.5. The van der Waals surface area contributed by atoms with E-state index in [1.807, 2.05) is 0 Å². The molecule has 0 bridgehead atoms. The van der Waals surface area contributed by atoms with Gasteiger partial charge in [-0.25, -0.2) is 0 Å². The molecule has 2 aliphatic rings. The van der Waals surface area contributed by atoms with Crippen LogP contribution in [0.4, 0.5) is 0 Å². The molecule has 2 rings (SSSR count). The summed E-state index contributed by atoms with van der Waals surface area (Å²) >= 11 is 0. The van der Waals surface area contributed by atoms with E-state index in [-0.39, 0.29) is 72.9 Å². The topological polar surface area (TPSA) is 80.3 Å². The van der Waals surface area contributed by atoms with E-state index in [4.69, 9.17) is 23.7 Å². The highest BCUT2D eigenvalue weighted by atomic mass is 16.8. The second kappa shape index (κ2) is 63.0. The predicted octanol–water partition coefficient (Wildman–Crippen LogP) is 28.1. The van der Waals surface area contributed by atoms with E-state index in [1.165, 1.54) is 334 Å². The van der Waals surface area contributed by atoms with Gasteiger partial charge < -0.3 is 23.7 Å². The Labute approximate surface area is 582 Å². The number of carbonyl (C=O) groups is 2. The Morgan fingerprint density at radius 2 is 0.419 bits per heavy atom. The molecule has 0 aromatic heterocycles. The standard InChI is InChI=1S/C86H166O7/c1-11-15-19-23-27-31-35-39-43-47-51-55-59-63-67-79(68-64-60-56-52-48-44-40-36-32-28-24-20-16-12-2)83(87)89-71-81-75(7)73(5)77(9)85(91-81)93-86-78(10)74(6)76(8)82(92-86)72-90-84(88)80(69-65-61-57-53-49-45-41-37-33-29-25-21-17-13-3)70-66-62-58-54-50-46-42-38-34-30-26-22-18-14-4/h73-82,85-86H,11-72H2,1-10H3/t73-,74-,75-,76-,77?,78?,81?,82?,85+,86+/m0/s1. The van der Waals surface area contributed by atoms with Crippen LogP contribution in [0.3, 0.4) is 0 Å². The van der Waals surface area contributed by atoms with Gasteiger partial charge in [0, 0.05) is 11.8 Å². The van der Waals surface area contributed by atoms with Crippen LogP contribution in [0.25, 0.3) is 0 Å². The van der Waals surface area contributed by atoms with Crippen molar-refractivity contribution in [3.05, 3.63) is 0 Å². The average Bonchev–Trinajstić information content (AvgIpc) is 0.828. The van der Waals surface area contributed by atoms with Crippen LogP contribution in [-0.4, -0.2) is 49.9 Å². The van der Waals surface area contributed by atoms with Gasteiger partial charge in [0.15, 0.2) is 12.6 Å². The van der Waals surface area contributed by atoms with Crippen LogP contribution >= 0.6 is 0 Å². The van der Waals surface area contributed by atoms with E-state index < -0.39 is 12.6 Å². The molecule has 7 nitrogen and oxygen atoms in total. The monoisotopic (exact) mass is 1310 g/mol. The maximum atomic E-state index is 14.2. The SMILES string of the molecule is CCCCCCCCCCCCCCCCC(CCCCCCCCCCCCCCCC)C(=O)OCC1O[C@H](O[C@H]2OC(COC(=O)C(CCCCCCCCCCCCCCCC)CCCCCCCCCCCCCCCC)[C@@H](C)[C@H](C)C2C)C(C)[C@@H](C)[C@@H]1C. The summed E-state index contributed by atoms with van der Waals surface area (Å²) in [5.74, 6) is 1.15. The molecule has 0 radical (unpaired) electrons. The average molecular weight is 1310 g/mol. The lowest BCUT2D eigenvalue weighted by Gasteiger charge is -2.48. The molecule has 0 saturated carbocycles. The van der Waals surface area contributed by atoms with Crippen molar-refractivity contribution in [3.63, 3.8) is 0 Å². The summed E-state index contributed by atoms with van der Waals surface area (Å²) < 4.78 is 33.5. The second-order valence-corrected chi connectivity index (χ2v) is 31.6. The van der Waals surface area contributed by atoms with Gasteiger partial charge >= 0.3 is 11.9 Å². The molecule has 0 aromatic carbocycles. The third-order valence-electron chi connectivity index (χ3n) is 23.3. The van der Waals surface area contributed by atoms with Crippen molar-refractivity contribution in [1.29, 1.82) is 0 Å². The maximum absolute atomic E-state index is 14.2. The van der Waals surface area contributed by atoms with Crippen molar-refractivity contribution >= 4 is 11.9 Å². The largest absolute Gasteiger partial charge is 0.463 e. The summed E-state index contributed by atoms with van der Waals surface area (Å²) in [6.07, 6.45) is 77.4. The molecular formula is C86H166O7. The molecule has 0 spiro atoms. The Balaban J connectivity index is 1.97. The quantitative estimate of drug-likeness (QED) is 0.0443. The first kappa shape index (κ1) is 87.9. The lowest BCUT2D eigenvalue weighted by atomic mass is 9.78. The lowest BCUT2D eigenvalue weighted by Crippen LogP contribution is -2.53. The molecule has 93 heavy (non-hydrogen) atoms. The molecule has 7 heteroatoms. The van der Waals surface area contributed by atoms with Gasteiger partial charge in [0.25, 0.3) is 0 Å². The van der Waals surface area contributed by atoms with Crippen molar-refractivity contribution in [2.75, 3.05) is 13.2 Å². The summed E-state index contributed by atoms with van der Waals surface area (Å²) in [6, 6.07) is 0. The van der Waals surface area contributed by atoms with Gasteiger partial charge in [0.1, 0.15) is 13.2 Å². The first-order valence-electron chi connectivity index (χ1n) is 42.8. The van der Waals surface area contributed by atoms with Gasteiger partial charge in [-0.2, -0.15) is 0 Å². The number of carbonyl (C=O) groups excluding carboxylic acids is 2.